The molecule has 3 atom stereocenters. The van der Waals surface area contributed by atoms with Gasteiger partial charge in [-0.05, 0) is 74.0 Å². The van der Waals surface area contributed by atoms with Crippen molar-refractivity contribution >= 4 is 11.8 Å². The van der Waals surface area contributed by atoms with Gasteiger partial charge in [-0.15, -0.1) is 0 Å². The summed E-state index contributed by atoms with van der Waals surface area (Å²) in [4.78, 5) is 0. The molecule has 2 aliphatic heterocycles. The van der Waals surface area contributed by atoms with Crippen molar-refractivity contribution in [1.29, 1.82) is 0 Å². The Morgan fingerprint density at radius 2 is 2.00 bits per heavy atom. The number of ether oxygens (including phenoxy) is 1. The van der Waals surface area contributed by atoms with E-state index in [1.165, 1.54) is 22.4 Å². The van der Waals surface area contributed by atoms with Crippen LogP contribution in [-0.2, 0) is 4.74 Å². The Morgan fingerprint density at radius 3 is 2.71 bits per heavy atom. The number of hydrogen-bond acceptors (Lipinski definition) is 3. The summed E-state index contributed by atoms with van der Waals surface area (Å²) in [6.45, 7) is 7.18. The molecule has 2 saturated heterocycles. The molecule has 0 saturated carbocycles. The molecule has 0 aliphatic carbocycles. The van der Waals surface area contributed by atoms with Gasteiger partial charge in [-0.3, -0.25) is 0 Å². The number of thioether (sulfide) groups is 1. The van der Waals surface area contributed by atoms with E-state index >= 15 is 0 Å². The lowest BCUT2D eigenvalue weighted by Crippen LogP contribution is -2.41. The van der Waals surface area contributed by atoms with Gasteiger partial charge in [0.15, 0.2) is 0 Å². The maximum atomic E-state index is 10.9. The second-order valence-corrected chi connectivity index (χ2v) is 7.93. The van der Waals surface area contributed by atoms with E-state index in [0.717, 1.165) is 37.2 Å². The fourth-order valence-electron chi connectivity index (χ4n) is 3.75. The molecule has 1 aromatic rings. The molecule has 3 rings (SSSR count). The number of aryl methyl sites for hydroxylation is 3. The van der Waals surface area contributed by atoms with Crippen LogP contribution in [0.4, 0.5) is 0 Å². The van der Waals surface area contributed by atoms with E-state index in [9.17, 15) is 5.11 Å². The predicted molar refractivity (Wildman–Crippen MR) is 89.0 cm³/mol. The maximum Gasteiger partial charge on any atom is 0.0822 e. The van der Waals surface area contributed by atoms with Crippen LogP contribution in [-0.4, -0.2) is 28.8 Å². The van der Waals surface area contributed by atoms with Crippen LogP contribution in [0.5, 0.6) is 0 Å². The summed E-state index contributed by atoms with van der Waals surface area (Å²) in [7, 11) is 0. The molecule has 0 radical (unpaired) electrons. The minimum absolute atomic E-state index is 0.0439. The van der Waals surface area contributed by atoms with Gasteiger partial charge in [0, 0.05) is 12.4 Å². The van der Waals surface area contributed by atoms with Crippen molar-refractivity contribution in [1.82, 2.24) is 0 Å². The van der Waals surface area contributed by atoms with Crippen molar-refractivity contribution in [3.05, 3.63) is 34.4 Å². The minimum atomic E-state index is -0.351. The van der Waals surface area contributed by atoms with Gasteiger partial charge in [-0.1, -0.05) is 12.1 Å². The van der Waals surface area contributed by atoms with Crippen LogP contribution in [0, 0.1) is 26.7 Å². The lowest BCUT2D eigenvalue weighted by Gasteiger charge is -2.40. The summed E-state index contributed by atoms with van der Waals surface area (Å²) in [5, 5.41) is 10.9. The van der Waals surface area contributed by atoms with Crippen molar-refractivity contribution in [2.24, 2.45) is 5.92 Å². The number of hydrogen-bond donors (Lipinski definition) is 1. The van der Waals surface area contributed by atoms with Crippen molar-refractivity contribution in [2.45, 2.75) is 51.7 Å². The van der Waals surface area contributed by atoms with Crippen LogP contribution >= 0.6 is 11.8 Å². The number of benzene rings is 1. The number of aliphatic hydroxyl groups excluding tert-OH is 1. The zero-order valence-electron chi connectivity index (χ0n) is 13.3. The Labute approximate surface area is 132 Å². The fraction of sp³-hybridized carbons (Fsp3) is 0.667. The summed E-state index contributed by atoms with van der Waals surface area (Å²) < 4.78 is 6.08. The van der Waals surface area contributed by atoms with Gasteiger partial charge in [0.05, 0.1) is 11.7 Å². The molecule has 1 aromatic carbocycles. The highest BCUT2D eigenvalue weighted by atomic mass is 32.2. The maximum absolute atomic E-state index is 10.9. The molecular formula is C18H26O2S. The Hall–Kier alpha value is -0.510. The number of aliphatic hydroxyl groups is 1. The first-order valence-corrected chi connectivity index (χ1v) is 9.14. The average Bonchev–Trinajstić information content (AvgIpc) is 2.90. The van der Waals surface area contributed by atoms with Gasteiger partial charge < -0.3 is 9.84 Å². The minimum Gasteiger partial charge on any atom is -0.388 e. The first-order chi connectivity index (χ1) is 10.0. The molecule has 1 N–H and O–H groups in total. The smallest absolute Gasteiger partial charge is 0.0822 e. The second kappa shape index (κ2) is 5.94. The van der Waals surface area contributed by atoms with E-state index in [2.05, 4.69) is 32.9 Å². The summed E-state index contributed by atoms with van der Waals surface area (Å²) in [6.07, 6.45) is 2.77. The molecule has 2 heterocycles. The van der Waals surface area contributed by atoms with E-state index in [1.807, 2.05) is 11.8 Å². The third-order valence-electron chi connectivity index (χ3n) is 5.25. The molecule has 2 nitrogen and oxygen atoms in total. The van der Waals surface area contributed by atoms with E-state index in [4.69, 9.17) is 4.74 Å². The molecule has 0 amide bonds. The molecule has 0 bridgehead atoms. The zero-order valence-corrected chi connectivity index (χ0v) is 14.1. The van der Waals surface area contributed by atoms with Gasteiger partial charge >= 0.3 is 0 Å². The highest BCUT2D eigenvalue weighted by molar-refractivity contribution is 7.99. The normalized spacial score (nSPS) is 30.8. The molecule has 2 aliphatic rings. The Balaban J connectivity index is 1.81. The van der Waals surface area contributed by atoms with Crippen LogP contribution in [0.3, 0.4) is 0 Å². The third kappa shape index (κ3) is 3.01. The quantitative estimate of drug-likeness (QED) is 0.897. The lowest BCUT2D eigenvalue weighted by atomic mass is 9.79. The molecule has 3 unspecified atom stereocenters. The van der Waals surface area contributed by atoms with Crippen molar-refractivity contribution in [3.8, 4) is 0 Å². The van der Waals surface area contributed by atoms with Crippen molar-refractivity contribution < 1.29 is 9.84 Å². The van der Waals surface area contributed by atoms with Crippen LogP contribution in [0.25, 0.3) is 0 Å². The molecular weight excluding hydrogens is 280 g/mol. The standard InChI is InChI=1S/C18H26O2S/c1-12-8-14(3)16(9-13(12)2)17(19)15-4-6-20-18(10-15)5-7-21-11-18/h8-9,15,17,19H,4-7,10-11H2,1-3H3. The van der Waals surface area contributed by atoms with E-state index < -0.39 is 0 Å². The van der Waals surface area contributed by atoms with E-state index in [1.54, 1.807) is 0 Å². The second-order valence-electron chi connectivity index (χ2n) is 6.82. The summed E-state index contributed by atoms with van der Waals surface area (Å²) >= 11 is 1.99. The van der Waals surface area contributed by atoms with E-state index in [-0.39, 0.29) is 11.7 Å². The lowest BCUT2D eigenvalue weighted by molar-refractivity contribution is -0.102. The largest absolute Gasteiger partial charge is 0.388 e. The first-order valence-electron chi connectivity index (χ1n) is 7.98. The molecule has 3 heteroatoms. The molecule has 21 heavy (non-hydrogen) atoms. The summed E-state index contributed by atoms with van der Waals surface area (Å²) in [6, 6.07) is 4.38. The van der Waals surface area contributed by atoms with Gasteiger partial charge in [-0.25, -0.2) is 0 Å². The van der Waals surface area contributed by atoms with Gasteiger partial charge in [0.25, 0.3) is 0 Å². The Morgan fingerprint density at radius 1 is 1.24 bits per heavy atom. The van der Waals surface area contributed by atoms with Crippen LogP contribution < -0.4 is 0 Å². The average molecular weight is 306 g/mol. The first kappa shape index (κ1) is 15.4. The molecule has 0 aromatic heterocycles. The van der Waals surface area contributed by atoms with Crippen LogP contribution in [0.15, 0.2) is 12.1 Å². The fourth-order valence-corrected chi connectivity index (χ4v) is 5.13. The monoisotopic (exact) mass is 306 g/mol. The SMILES string of the molecule is Cc1cc(C)c(C(O)C2CCOC3(CCSC3)C2)cc1C. The van der Waals surface area contributed by atoms with Crippen LogP contribution in [0.2, 0.25) is 0 Å². The summed E-state index contributed by atoms with van der Waals surface area (Å²) in [5.41, 5.74) is 4.95. The van der Waals surface area contributed by atoms with Crippen molar-refractivity contribution in [3.63, 3.8) is 0 Å². The predicted octanol–water partition coefficient (Wildman–Crippen LogP) is 3.95. The molecule has 116 valence electrons. The highest BCUT2D eigenvalue weighted by Gasteiger charge is 2.42. The topological polar surface area (TPSA) is 29.5 Å². The number of rotatable bonds is 2. The van der Waals surface area contributed by atoms with E-state index in [0.29, 0.717) is 5.92 Å². The van der Waals surface area contributed by atoms with Crippen LogP contribution in [0.1, 0.15) is 47.6 Å². The van der Waals surface area contributed by atoms with Gasteiger partial charge in [0.2, 0.25) is 0 Å². The highest BCUT2D eigenvalue weighted by Crippen LogP contribution is 2.44. The Kier molecular flexibility index (Phi) is 4.35. The van der Waals surface area contributed by atoms with Gasteiger partial charge in [-0.2, -0.15) is 11.8 Å². The molecule has 1 spiro atoms. The third-order valence-corrected chi connectivity index (χ3v) is 6.47. The molecule has 2 fully saturated rings. The summed E-state index contributed by atoms with van der Waals surface area (Å²) in [5.74, 6) is 2.63. The van der Waals surface area contributed by atoms with Gasteiger partial charge in [0.1, 0.15) is 0 Å². The van der Waals surface area contributed by atoms with Crippen molar-refractivity contribution in [2.75, 3.05) is 18.1 Å². The Bertz CT molecular complexity index is 520. The zero-order chi connectivity index (χ0) is 15.0.